The van der Waals surface area contributed by atoms with E-state index in [2.05, 4.69) is 27.6 Å². The lowest BCUT2D eigenvalue weighted by molar-refractivity contribution is 0.0565. The van der Waals surface area contributed by atoms with Crippen molar-refractivity contribution in [2.45, 2.75) is 39.4 Å². The van der Waals surface area contributed by atoms with Crippen molar-refractivity contribution in [3.8, 4) is 0 Å². The number of halogens is 1. The number of aromatic nitrogens is 1. The Labute approximate surface area is 139 Å². The van der Waals surface area contributed by atoms with Crippen molar-refractivity contribution in [1.29, 1.82) is 0 Å². The van der Waals surface area contributed by atoms with E-state index in [1.807, 2.05) is 32.9 Å². The summed E-state index contributed by atoms with van der Waals surface area (Å²) in [5.41, 5.74) is 1.39. The second-order valence-electron chi connectivity index (χ2n) is 5.91. The smallest absolute Gasteiger partial charge is 0.416 e. The molecule has 0 saturated carbocycles. The third kappa shape index (κ3) is 4.54. The lowest BCUT2D eigenvalue weighted by Gasteiger charge is -2.26. The highest BCUT2D eigenvalue weighted by molar-refractivity contribution is 14.1. The summed E-state index contributed by atoms with van der Waals surface area (Å²) in [5, 5.41) is 0. The van der Waals surface area contributed by atoms with E-state index >= 15 is 0 Å². The first-order chi connectivity index (χ1) is 9.90. The molecule has 0 unspecified atom stereocenters. The zero-order valence-electron chi connectivity index (χ0n) is 12.7. The normalized spacial score (nSPS) is 15.3. The van der Waals surface area contributed by atoms with Crippen molar-refractivity contribution >= 4 is 34.5 Å². The molecule has 0 fully saturated rings. The number of carbonyl (C=O) groups is 1. The number of aryl methyl sites for hydroxylation is 1. The number of ether oxygens (including phenoxy) is 2. The zero-order valence-corrected chi connectivity index (χ0v) is 14.8. The first-order valence-corrected chi connectivity index (χ1v) is 8.56. The van der Waals surface area contributed by atoms with Crippen LogP contribution in [0.1, 0.15) is 32.0 Å². The molecule has 0 radical (unpaired) electrons. The summed E-state index contributed by atoms with van der Waals surface area (Å²) in [4.78, 5) is 18.6. The van der Waals surface area contributed by atoms with E-state index in [1.54, 1.807) is 4.90 Å². The second-order valence-corrected chi connectivity index (χ2v) is 6.99. The van der Waals surface area contributed by atoms with Crippen molar-refractivity contribution < 1.29 is 14.3 Å². The third-order valence-corrected chi connectivity index (χ3v) is 3.49. The van der Waals surface area contributed by atoms with Gasteiger partial charge in [0.05, 0.1) is 19.8 Å². The van der Waals surface area contributed by atoms with Crippen LogP contribution < -0.4 is 4.90 Å². The molecule has 1 aliphatic rings. The van der Waals surface area contributed by atoms with Crippen molar-refractivity contribution in [2.75, 3.05) is 22.5 Å². The Morgan fingerprint density at radius 1 is 1.48 bits per heavy atom. The van der Waals surface area contributed by atoms with E-state index in [4.69, 9.17) is 9.47 Å². The molecule has 1 aromatic rings. The number of alkyl halides is 1. The van der Waals surface area contributed by atoms with Crippen LogP contribution in [-0.4, -0.2) is 34.3 Å². The fourth-order valence-corrected chi connectivity index (χ4v) is 2.59. The Balaban J connectivity index is 2.31. The number of anilines is 1. The number of amides is 1. The van der Waals surface area contributed by atoms with Crippen molar-refractivity contribution in [1.82, 2.24) is 4.98 Å². The maximum absolute atomic E-state index is 12.4. The fourth-order valence-electron chi connectivity index (χ4n) is 2.04. The Bertz CT molecular complexity index is 514. The minimum atomic E-state index is -0.524. The molecule has 1 amide bonds. The minimum absolute atomic E-state index is 0.367. The lowest BCUT2D eigenvalue weighted by atomic mass is 10.2. The zero-order chi connectivity index (χ0) is 15.5. The summed E-state index contributed by atoms with van der Waals surface area (Å²) < 4.78 is 12.0. The van der Waals surface area contributed by atoms with Gasteiger partial charge in [-0.25, -0.2) is 9.78 Å². The summed E-state index contributed by atoms with van der Waals surface area (Å²) in [6, 6.07) is 3.99. The highest BCUT2D eigenvalue weighted by atomic mass is 127. The van der Waals surface area contributed by atoms with E-state index in [9.17, 15) is 4.79 Å². The summed E-state index contributed by atoms with van der Waals surface area (Å²) >= 11 is 2.32. The first kappa shape index (κ1) is 16.5. The van der Waals surface area contributed by atoms with Gasteiger partial charge < -0.3 is 9.47 Å². The monoisotopic (exact) mass is 404 g/mol. The standard InChI is InChI=1S/C15H21IN2O3/c1-15(2,3)21-14(19)18-8-9-20-10-11-4-5-12(6-7-16)17-13(11)18/h4-5H,6-10H2,1-3H3. The van der Waals surface area contributed by atoms with E-state index in [0.29, 0.717) is 25.6 Å². The predicted octanol–water partition coefficient (Wildman–Crippen LogP) is 3.33. The van der Waals surface area contributed by atoms with Gasteiger partial charge in [-0.05, 0) is 33.3 Å². The molecule has 21 heavy (non-hydrogen) atoms. The summed E-state index contributed by atoms with van der Waals surface area (Å²) in [6.45, 7) is 7.01. The lowest BCUT2D eigenvalue weighted by Crippen LogP contribution is -2.39. The number of fused-ring (bicyclic) bond motifs is 1. The second kappa shape index (κ2) is 6.91. The molecule has 6 heteroatoms. The molecule has 5 nitrogen and oxygen atoms in total. The first-order valence-electron chi connectivity index (χ1n) is 7.04. The number of carbonyl (C=O) groups excluding carboxylic acids is 1. The number of rotatable bonds is 2. The van der Waals surface area contributed by atoms with Crippen LogP contribution in [0.25, 0.3) is 0 Å². The van der Waals surface area contributed by atoms with Crippen LogP contribution in [0.2, 0.25) is 0 Å². The van der Waals surface area contributed by atoms with Gasteiger partial charge in [-0.2, -0.15) is 0 Å². The number of hydrogen-bond donors (Lipinski definition) is 0. The van der Waals surface area contributed by atoms with E-state index in [1.165, 1.54) is 0 Å². The average Bonchev–Trinajstić information content (AvgIpc) is 2.59. The van der Waals surface area contributed by atoms with Crippen molar-refractivity contribution in [2.24, 2.45) is 0 Å². The predicted molar refractivity (Wildman–Crippen MR) is 90.1 cm³/mol. The topological polar surface area (TPSA) is 51.7 Å². The number of hydrogen-bond acceptors (Lipinski definition) is 4. The third-order valence-electron chi connectivity index (χ3n) is 2.95. The largest absolute Gasteiger partial charge is 0.443 e. The van der Waals surface area contributed by atoms with Crippen LogP contribution in [0.15, 0.2) is 12.1 Å². The van der Waals surface area contributed by atoms with E-state index in [-0.39, 0.29) is 6.09 Å². The quantitative estimate of drug-likeness (QED) is 0.561. The van der Waals surface area contributed by atoms with E-state index in [0.717, 1.165) is 22.1 Å². The van der Waals surface area contributed by atoms with Crippen LogP contribution in [0.5, 0.6) is 0 Å². The Kier molecular flexibility index (Phi) is 5.43. The molecule has 0 bridgehead atoms. The maximum atomic E-state index is 12.4. The number of nitrogens with zero attached hydrogens (tertiary/aromatic N) is 2. The molecule has 0 aromatic carbocycles. The molecular weight excluding hydrogens is 383 g/mol. The Hall–Kier alpha value is -0.890. The van der Waals surface area contributed by atoms with Gasteiger partial charge in [0.2, 0.25) is 0 Å². The van der Waals surface area contributed by atoms with Crippen LogP contribution in [0, 0.1) is 0 Å². The Morgan fingerprint density at radius 3 is 2.90 bits per heavy atom. The van der Waals surface area contributed by atoms with Gasteiger partial charge >= 0.3 is 6.09 Å². The number of pyridine rings is 1. The summed E-state index contributed by atoms with van der Waals surface area (Å²) in [5.74, 6) is 0.670. The molecule has 0 spiro atoms. The van der Waals surface area contributed by atoms with Gasteiger partial charge in [0.25, 0.3) is 0 Å². The molecule has 2 heterocycles. The van der Waals surface area contributed by atoms with Crippen LogP contribution in [0.4, 0.5) is 10.6 Å². The van der Waals surface area contributed by atoms with Gasteiger partial charge in [0.15, 0.2) is 0 Å². The van der Waals surface area contributed by atoms with Crippen LogP contribution in [0.3, 0.4) is 0 Å². The molecule has 116 valence electrons. The molecule has 1 aliphatic heterocycles. The molecule has 1 aromatic heterocycles. The fraction of sp³-hybridized carbons (Fsp3) is 0.600. The molecule has 0 saturated heterocycles. The van der Waals surface area contributed by atoms with Gasteiger partial charge in [0.1, 0.15) is 11.4 Å². The maximum Gasteiger partial charge on any atom is 0.416 e. The Morgan fingerprint density at radius 2 is 2.24 bits per heavy atom. The highest BCUT2D eigenvalue weighted by Gasteiger charge is 2.27. The van der Waals surface area contributed by atoms with Crippen molar-refractivity contribution in [3.05, 3.63) is 23.4 Å². The van der Waals surface area contributed by atoms with Crippen molar-refractivity contribution in [3.63, 3.8) is 0 Å². The minimum Gasteiger partial charge on any atom is -0.443 e. The average molecular weight is 404 g/mol. The molecule has 2 rings (SSSR count). The van der Waals surface area contributed by atoms with Gasteiger partial charge in [-0.1, -0.05) is 28.7 Å². The SMILES string of the molecule is CC(C)(C)OC(=O)N1CCOCc2ccc(CCI)nc21. The molecule has 0 atom stereocenters. The molecule has 0 aliphatic carbocycles. The van der Waals surface area contributed by atoms with Crippen LogP contribution in [-0.2, 0) is 22.5 Å². The van der Waals surface area contributed by atoms with Gasteiger partial charge in [0, 0.05) is 15.7 Å². The van der Waals surface area contributed by atoms with Gasteiger partial charge in [-0.15, -0.1) is 0 Å². The summed E-state index contributed by atoms with van der Waals surface area (Å²) in [6.07, 6.45) is 0.519. The molecular formula is C15H21IN2O3. The summed E-state index contributed by atoms with van der Waals surface area (Å²) in [7, 11) is 0. The molecule has 0 N–H and O–H groups in total. The van der Waals surface area contributed by atoms with Gasteiger partial charge in [-0.3, -0.25) is 4.90 Å². The van der Waals surface area contributed by atoms with E-state index < -0.39 is 5.60 Å². The van der Waals surface area contributed by atoms with Crippen LogP contribution >= 0.6 is 22.6 Å². The highest BCUT2D eigenvalue weighted by Crippen LogP contribution is 2.24.